The molecule has 0 saturated heterocycles. The molecule has 1 aliphatic rings. The van der Waals surface area contributed by atoms with Crippen LogP contribution in [0.25, 0.3) is 0 Å². The molecule has 1 heterocycles. The normalized spacial score (nSPS) is 15.6. The number of hydrogen-bond donors (Lipinski definition) is 3. The molecule has 0 amide bonds. The lowest BCUT2D eigenvalue weighted by atomic mass is 9.83. The van der Waals surface area contributed by atoms with Gasteiger partial charge in [-0.1, -0.05) is 42.5 Å². The standard InChI is InChI=1S/C16H20N4S.CH2O2/c1-2-10-5-3-4-6-12(10)11-7-8-13-14(9-11)21-16(19-13)20-15(17)18;2-1-3/h3-6,11H,2,7-9H2,1H3,(H4,17,18,19,20);1H,(H,2,3)/t11-;/m1./s1. The highest BCUT2D eigenvalue weighted by Gasteiger charge is 2.24. The summed E-state index contributed by atoms with van der Waals surface area (Å²) >= 11 is 1.62. The van der Waals surface area contributed by atoms with E-state index in [0.29, 0.717) is 11.0 Å². The van der Waals surface area contributed by atoms with Crippen LogP contribution in [0.5, 0.6) is 0 Å². The first-order valence-electron chi connectivity index (χ1n) is 7.82. The van der Waals surface area contributed by atoms with E-state index in [2.05, 4.69) is 41.2 Å². The molecule has 0 saturated carbocycles. The zero-order valence-electron chi connectivity index (χ0n) is 13.6. The summed E-state index contributed by atoms with van der Waals surface area (Å²) in [6, 6.07) is 8.77. The first-order valence-corrected chi connectivity index (χ1v) is 8.64. The molecule has 1 aliphatic carbocycles. The summed E-state index contributed by atoms with van der Waals surface area (Å²) in [6.45, 7) is 1.97. The molecule has 6 nitrogen and oxygen atoms in total. The molecule has 24 heavy (non-hydrogen) atoms. The van der Waals surface area contributed by atoms with E-state index >= 15 is 0 Å². The summed E-state index contributed by atoms with van der Waals surface area (Å²) in [5, 5.41) is 7.57. The Morgan fingerprint density at radius 1 is 1.46 bits per heavy atom. The van der Waals surface area contributed by atoms with E-state index in [9.17, 15) is 0 Å². The van der Waals surface area contributed by atoms with Crippen molar-refractivity contribution >= 4 is 28.9 Å². The quantitative estimate of drug-likeness (QED) is 0.449. The van der Waals surface area contributed by atoms with Gasteiger partial charge in [-0.25, -0.2) is 4.98 Å². The van der Waals surface area contributed by atoms with Gasteiger partial charge < -0.3 is 16.6 Å². The van der Waals surface area contributed by atoms with Crippen molar-refractivity contribution in [2.24, 2.45) is 16.5 Å². The minimum atomic E-state index is -0.250. The molecule has 5 N–H and O–H groups in total. The second-order valence-corrected chi connectivity index (χ2v) is 6.56. The number of carbonyl (C=O) groups is 1. The van der Waals surface area contributed by atoms with Crippen LogP contribution >= 0.6 is 11.3 Å². The maximum Gasteiger partial charge on any atom is 0.290 e. The highest BCUT2D eigenvalue weighted by atomic mass is 32.1. The van der Waals surface area contributed by atoms with Crippen molar-refractivity contribution in [2.75, 3.05) is 0 Å². The minimum absolute atomic E-state index is 0.0778. The predicted molar refractivity (Wildman–Crippen MR) is 96.9 cm³/mol. The first kappa shape index (κ1) is 17.9. The summed E-state index contributed by atoms with van der Waals surface area (Å²) in [5.41, 5.74) is 15.0. The molecular formula is C17H22N4O2S. The molecular weight excluding hydrogens is 324 g/mol. The van der Waals surface area contributed by atoms with Crippen LogP contribution in [0.2, 0.25) is 0 Å². The number of benzene rings is 1. The maximum absolute atomic E-state index is 8.36. The van der Waals surface area contributed by atoms with Crippen molar-refractivity contribution in [1.82, 2.24) is 4.98 Å². The Bertz CT molecular complexity index is 723. The van der Waals surface area contributed by atoms with Gasteiger partial charge in [0.25, 0.3) is 6.47 Å². The van der Waals surface area contributed by atoms with Crippen LogP contribution in [0.15, 0.2) is 29.3 Å². The van der Waals surface area contributed by atoms with Gasteiger partial charge in [0.1, 0.15) is 0 Å². The number of rotatable bonds is 3. The maximum atomic E-state index is 8.36. The number of nitrogens with zero attached hydrogens (tertiary/aromatic N) is 2. The van der Waals surface area contributed by atoms with Gasteiger partial charge in [0.15, 0.2) is 5.96 Å². The Morgan fingerprint density at radius 3 is 2.83 bits per heavy atom. The number of carboxylic acid groups (broad SMARTS) is 1. The highest BCUT2D eigenvalue weighted by molar-refractivity contribution is 7.15. The van der Waals surface area contributed by atoms with Crippen LogP contribution in [0, 0.1) is 0 Å². The second kappa shape index (κ2) is 8.44. The van der Waals surface area contributed by atoms with Crippen LogP contribution in [0.1, 0.15) is 41.0 Å². The van der Waals surface area contributed by atoms with Gasteiger partial charge in [-0.3, -0.25) is 4.79 Å². The van der Waals surface area contributed by atoms with Crippen molar-refractivity contribution in [1.29, 1.82) is 0 Å². The van der Waals surface area contributed by atoms with Gasteiger partial charge in [-0.2, -0.15) is 4.99 Å². The SMILES string of the molecule is CCc1ccccc1[C@@H]1CCc2nc(N=C(N)N)sc2C1.O=CO. The number of nitrogens with two attached hydrogens (primary N) is 2. The minimum Gasteiger partial charge on any atom is -0.483 e. The fraction of sp³-hybridized carbons (Fsp3) is 0.353. The van der Waals surface area contributed by atoms with E-state index in [-0.39, 0.29) is 12.4 Å². The Morgan fingerprint density at radius 2 is 2.17 bits per heavy atom. The van der Waals surface area contributed by atoms with E-state index in [1.807, 2.05) is 0 Å². The van der Waals surface area contributed by atoms with Crippen LogP contribution < -0.4 is 11.5 Å². The monoisotopic (exact) mass is 346 g/mol. The number of guanidine groups is 1. The third kappa shape index (κ3) is 4.32. The predicted octanol–water partition coefficient (Wildman–Crippen LogP) is 2.58. The van der Waals surface area contributed by atoms with E-state index in [1.54, 1.807) is 11.3 Å². The Labute approximate surface area is 145 Å². The number of aliphatic imine (C=N–C) groups is 1. The summed E-state index contributed by atoms with van der Waals surface area (Å²) < 4.78 is 0. The molecule has 1 aromatic carbocycles. The van der Waals surface area contributed by atoms with E-state index in [4.69, 9.17) is 21.4 Å². The van der Waals surface area contributed by atoms with Crippen molar-refractivity contribution < 1.29 is 9.90 Å². The Kier molecular flexibility index (Phi) is 6.31. The average molecular weight is 346 g/mol. The number of aryl methyl sites for hydroxylation is 2. The van der Waals surface area contributed by atoms with Crippen molar-refractivity contribution in [3.05, 3.63) is 46.0 Å². The third-order valence-corrected chi connectivity index (χ3v) is 5.04. The van der Waals surface area contributed by atoms with Gasteiger partial charge in [0.05, 0.1) is 5.69 Å². The summed E-state index contributed by atoms with van der Waals surface area (Å²) in [4.78, 5) is 18.3. The van der Waals surface area contributed by atoms with Gasteiger partial charge in [0.2, 0.25) is 5.13 Å². The fourth-order valence-corrected chi connectivity index (χ4v) is 4.12. The van der Waals surface area contributed by atoms with Gasteiger partial charge in [-0.15, -0.1) is 0 Å². The molecule has 0 spiro atoms. The van der Waals surface area contributed by atoms with Crippen LogP contribution in [-0.2, 0) is 24.1 Å². The van der Waals surface area contributed by atoms with Crippen LogP contribution in [0.3, 0.4) is 0 Å². The Balaban J connectivity index is 0.000000647. The zero-order valence-corrected chi connectivity index (χ0v) is 14.4. The number of fused-ring (bicyclic) bond motifs is 1. The molecule has 2 aromatic rings. The first-order chi connectivity index (χ1) is 11.6. The number of hydrogen-bond acceptors (Lipinski definition) is 4. The van der Waals surface area contributed by atoms with E-state index in [0.717, 1.165) is 25.7 Å². The highest BCUT2D eigenvalue weighted by Crippen LogP contribution is 2.38. The van der Waals surface area contributed by atoms with Gasteiger partial charge >= 0.3 is 0 Å². The summed E-state index contributed by atoms with van der Waals surface area (Å²) in [5.74, 6) is 0.662. The molecule has 1 aromatic heterocycles. The lowest BCUT2D eigenvalue weighted by Crippen LogP contribution is -2.21. The van der Waals surface area contributed by atoms with Crippen LogP contribution in [-0.4, -0.2) is 22.5 Å². The topological polar surface area (TPSA) is 115 Å². The molecule has 0 unspecified atom stereocenters. The molecule has 0 fully saturated rings. The summed E-state index contributed by atoms with van der Waals surface area (Å²) in [7, 11) is 0. The molecule has 1 atom stereocenters. The van der Waals surface area contributed by atoms with Crippen molar-refractivity contribution in [2.45, 2.75) is 38.5 Å². The molecule has 0 bridgehead atoms. The van der Waals surface area contributed by atoms with Gasteiger partial charge in [-0.05, 0) is 42.7 Å². The van der Waals surface area contributed by atoms with Gasteiger partial charge in [0, 0.05) is 4.88 Å². The lowest BCUT2D eigenvalue weighted by Gasteiger charge is -2.23. The van der Waals surface area contributed by atoms with Crippen LogP contribution in [0.4, 0.5) is 5.13 Å². The molecule has 3 rings (SSSR count). The van der Waals surface area contributed by atoms with E-state index < -0.39 is 0 Å². The lowest BCUT2D eigenvalue weighted by molar-refractivity contribution is -0.122. The van der Waals surface area contributed by atoms with Crippen molar-refractivity contribution in [3.8, 4) is 0 Å². The average Bonchev–Trinajstić information content (AvgIpc) is 2.96. The zero-order chi connectivity index (χ0) is 17.5. The smallest absolute Gasteiger partial charge is 0.290 e. The third-order valence-electron chi connectivity index (χ3n) is 4.03. The number of thiazole rings is 1. The molecule has 128 valence electrons. The molecule has 7 heteroatoms. The second-order valence-electron chi connectivity index (χ2n) is 5.50. The molecule has 0 aliphatic heterocycles. The van der Waals surface area contributed by atoms with Crippen molar-refractivity contribution in [3.63, 3.8) is 0 Å². The largest absolute Gasteiger partial charge is 0.483 e. The Hall–Kier alpha value is -2.41. The van der Waals surface area contributed by atoms with E-state index in [1.165, 1.54) is 21.7 Å². The number of aromatic nitrogens is 1. The fourth-order valence-electron chi connectivity index (χ4n) is 3.04. The summed E-state index contributed by atoms with van der Waals surface area (Å²) in [6.07, 6.45) is 4.29. The molecule has 0 radical (unpaired) electrons.